The zero-order chi connectivity index (χ0) is 4.99. The van der Waals surface area contributed by atoms with Gasteiger partial charge in [0.15, 0.2) is 0 Å². The first-order chi connectivity index (χ1) is 2.77. The molecule has 0 unspecified atom stereocenters. The quantitative estimate of drug-likeness (QED) is 0.478. The Kier molecular flexibility index (Phi) is 2.46. The second kappa shape index (κ2) is 2.69. The van der Waals surface area contributed by atoms with Crippen molar-refractivity contribution < 1.29 is 4.79 Å². The Bertz CT molecular complexity index is 51.5. The van der Waals surface area contributed by atoms with Gasteiger partial charge in [0, 0.05) is 6.42 Å². The summed E-state index contributed by atoms with van der Waals surface area (Å²) >= 11 is 0. The number of rotatable bonds is 2. The minimum absolute atomic E-state index is 0.278. The third kappa shape index (κ3) is 3.47. The van der Waals surface area contributed by atoms with Crippen LogP contribution in [0.5, 0.6) is 0 Å². The van der Waals surface area contributed by atoms with Gasteiger partial charge in [-0.05, 0) is 6.42 Å². The summed E-state index contributed by atoms with van der Waals surface area (Å²) in [5.41, 5.74) is 6.31. The summed E-state index contributed by atoms with van der Waals surface area (Å²) in [7, 11) is 0. The zero-order valence-electron chi connectivity index (χ0n) is 3.69. The van der Waals surface area contributed by atoms with E-state index in [1.165, 1.54) is 0 Å². The molecule has 2 radical (unpaired) electrons. The van der Waals surface area contributed by atoms with Crippen LogP contribution in [0.4, 0.5) is 0 Å². The van der Waals surface area contributed by atoms with E-state index in [-0.39, 0.29) is 6.42 Å². The molecule has 0 saturated heterocycles. The molecular weight excluding hydrogens is 78.0 g/mol. The van der Waals surface area contributed by atoms with Crippen LogP contribution >= 0.6 is 0 Å². The molecule has 0 bridgehead atoms. The van der Waals surface area contributed by atoms with E-state index in [4.69, 9.17) is 5.73 Å². The first-order valence-electron chi connectivity index (χ1n) is 1.79. The maximum atomic E-state index is 9.68. The Morgan fingerprint density at radius 1 is 2.00 bits per heavy atom. The Labute approximate surface area is 37.3 Å². The first-order valence-corrected chi connectivity index (χ1v) is 1.79. The van der Waals surface area contributed by atoms with Crippen molar-refractivity contribution in [1.29, 1.82) is 0 Å². The fraction of sp³-hybridized carbons (Fsp3) is 0.500. The number of carbonyl (C=O) groups is 1. The van der Waals surface area contributed by atoms with Crippen LogP contribution in [-0.2, 0) is 4.79 Å². The Morgan fingerprint density at radius 2 is 2.50 bits per heavy atom. The van der Waals surface area contributed by atoms with Crippen LogP contribution in [0.1, 0.15) is 13.3 Å². The van der Waals surface area contributed by atoms with Crippen LogP contribution in [0.15, 0.2) is 0 Å². The lowest BCUT2D eigenvalue weighted by molar-refractivity contribution is -0.118. The fourth-order valence-electron chi connectivity index (χ4n) is 0.185. The standard InChI is InChI=1S/C4H7NO/c1-2-3-4(5)6/h2,5H,3H2,1H3. The number of nitrogens with one attached hydrogen (secondary N) is 1. The molecule has 0 aliphatic heterocycles. The molecule has 0 aliphatic carbocycles. The van der Waals surface area contributed by atoms with Gasteiger partial charge in [0.1, 0.15) is 0 Å². The molecule has 2 nitrogen and oxygen atoms in total. The highest BCUT2D eigenvalue weighted by molar-refractivity contribution is 5.73. The number of carbonyl (C=O) groups excluding carboxylic acids is 1. The maximum Gasteiger partial charge on any atom is 0.238 e. The predicted molar refractivity (Wildman–Crippen MR) is 22.7 cm³/mol. The van der Waals surface area contributed by atoms with Crippen molar-refractivity contribution >= 4 is 5.91 Å². The van der Waals surface area contributed by atoms with Crippen molar-refractivity contribution in [1.82, 2.24) is 5.73 Å². The summed E-state index contributed by atoms with van der Waals surface area (Å²) < 4.78 is 0. The van der Waals surface area contributed by atoms with Crippen LogP contribution in [0.25, 0.3) is 0 Å². The molecule has 6 heavy (non-hydrogen) atoms. The molecule has 34 valence electrons. The van der Waals surface area contributed by atoms with E-state index in [1.54, 1.807) is 13.3 Å². The summed E-state index contributed by atoms with van der Waals surface area (Å²) in [6.45, 7) is 1.76. The third-order valence-corrected chi connectivity index (χ3v) is 0.390. The molecular formula is C4H7NO. The smallest absolute Gasteiger partial charge is 0.238 e. The molecule has 2 heteroatoms. The second-order valence-electron chi connectivity index (χ2n) is 1.04. The molecule has 0 aromatic carbocycles. The van der Waals surface area contributed by atoms with E-state index >= 15 is 0 Å². The predicted octanol–water partition coefficient (Wildman–Crippen LogP) is 0.410. The van der Waals surface area contributed by atoms with Gasteiger partial charge in [-0.1, -0.05) is 6.92 Å². The number of amides is 1. The molecule has 0 aromatic heterocycles. The lowest BCUT2D eigenvalue weighted by atomic mass is 10.3. The van der Waals surface area contributed by atoms with Gasteiger partial charge < -0.3 is 0 Å². The maximum absolute atomic E-state index is 9.68. The topological polar surface area (TPSA) is 40.9 Å². The van der Waals surface area contributed by atoms with Gasteiger partial charge in [0.2, 0.25) is 5.91 Å². The van der Waals surface area contributed by atoms with E-state index in [0.717, 1.165) is 0 Å². The van der Waals surface area contributed by atoms with E-state index in [0.29, 0.717) is 0 Å². The molecule has 0 heterocycles. The van der Waals surface area contributed by atoms with Crippen molar-refractivity contribution in [3.63, 3.8) is 0 Å². The average molecular weight is 85.1 g/mol. The molecule has 0 rings (SSSR count). The van der Waals surface area contributed by atoms with E-state index in [9.17, 15) is 4.79 Å². The average Bonchev–Trinajstić information content (AvgIpc) is 1.35. The largest absolute Gasteiger partial charge is 0.273 e. The van der Waals surface area contributed by atoms with Crippen molar-refractivity contribution in [3.05, 3.63) is 6.42 Å². The van der Waals surface area contributed by atoms with Gasteiger partial charge in [0.05, 0.1) is 0 Å². The summed E-state index contributed by atoms with van der Waals surface area (Å²) in [5.74, 6) is -0.516. The summed E-state index contributed by atoms with van der Waals surface area (Å²) in [6.07, 6.45) is 1.94. The minimum atomic E-state index is -0.516. The summed E-state index contributed by atoms with van der Waals surface area (Å²) in [4.78, 5) is 9.68. The van der Waals surface area contributed by atoms with E-state index in [1.807, 2.05) is 0 Å². The van der Waals surface area contributed by atoms with Crippen LogP contribution in [0.3, 0.4) is 0 Å². The van der Waals surface area contributed by atoms with Crippen molar-refractivity contribution in [2.24, 2.45) is 0 Å². The van der Waals surface area contributed by atoms with Crippen molar-refractivity contribution in [2.75, 3.05) is 0 Å². The second-order valence-corrected chi connectivity index (χ2v) is 1.04. The summed E-state index contributed by atoms with van der Waals surface area (Å²) in [5, 5.41) is 0. The molecule has 0 saturated carbocycles. The van der Waals surface area contributed by atoms with Crippen molar-refractivity contribution in [2.45, 2.75) is 13.3 Å². The monoisotopic (exact) mass is 85.1 g/mol. The third-order valence-electron chi connectivity index (χ3n) is 0.390. The van der Waals surface area contributed by atoms with Gasteiger partial charge in [-0.2, -0.15) is 0 Å². The molecule has 1 N–H and O–H groups in total. The highest BCUT2D eigenvalue weighted by Gasteiger charge is 1.86. The molecule has 0 spiro atoms. The normalized spacial score (nSPS) is 8.17. The molecule has 0 aliphatic rings. The van der Waals surface area contributed by atoms with Crippen LogP contribution in [0, 0.1) is 6.42 Å². The minimum Gasteiger partial charge on any atom is -0.273 e. The Hall–Kier alpha value is -0.530. The molecule has 0 fully saturated rings. The van der Waals surface area contributed by atoms with Gasteiger partial charge >= 0.3 is 0 Å². The molecule has 0 atom stereocenters. The van der Waals surface area contributed by atoms with Crippen LogP contribution in [-0.4, -0.2) is 5.91 Å². The van der Waals surface area contributed by atoms with Crippen LogP contribution in [0.2, 0.25) is 0 Å². The number of hydrogen-bond donors (Lipinski definition) is 0. The van der Waals surface area contributed by atoms with Gasteiger partial charge in [0.25, 0.3) is 0 Å². The lowest BCUT2D eigenvalue weighted by Crippen LogP contribution is -1.94. The molecule has 1 amide bonds. The Morgan fingerprint density at radius 3 is 2.50 bits per heavy atom. The highest BCUT2D eigenvalue weighted by Crippen LogP contribution is 1.79. The van der Waals surface area contributed by atoms with E-state index in [2.05, 4.69) is 0 Å². The first kappa shape index (κ1) is 5.47. The Balaban J connectivity index is 2.83. The number of hydrogen-bond acceptors (Lipinski definition) is 1. The van der Waals surface area contributed by atoms with Crippen LogP contribution < -0.4 is 5.73 Å². The summed E-state index contributed by atoms with van der Waals surface area (Å²) in [6, 6.07) is 0. The van der Waals surface area contributed by atoms with Crippen molar-refractivity contribution in [3.8, 4) is 0 Å². The molecule has 0 aromatic rings. The van der Waals surface area contributed by atoms with E-state index < -0.39 is 5.91 Å². The fourth-order valence-corrected chi connectivity index (χ4v) is 0.185. The zero-order valence-corrected chi connectivity index (χ0v) is 3.69. The lowest BCUT2D eigenvalue weighted by Gasteiger charge is -1.79. The van der Waals surface area contributed by atoms with Gasteiger partial charge in [-0.25, -0.2) is 0 Å². The van der Waals surface area contributed by atoms with Gasteiger partial charge in [-0.3, -0.25) is 10.5 Å². The van der Waals surface area contributed by atoms with Gasteiger partial charge in [-0.15, -0.1) is 0 Å². The SMILES string of the molecule is C[CH]CC([NH])=O. The highest BCUT2D eigenvalue weighted by atomic mass is 16.1.